The van der Waals surface area contributed by atoms with Gasteiger partial charge in [-0.25, -0.2) is 14.9 Å². The van der Waals surface area contributed by atoms with Crippen LogP contribution in [0.3, 0.4) is 0 Å². The van der Waals surface area contributed by atoms with Gasteiger partial charge in [0.25, 0.3) is 5.96 Å². The van der Waals surface area contributed by atoms with Crippen LogP contribution >= 0.6 is 0 Å². The number of ether oxygens (including phenoxy) is 1. The number of hydrazone groups is 1. The minimum Gasteiger partial charge on any atom is -0.447 e. The van der Waals surface area contributed by atoms with Crippen LogP contribution in [0.5, 0.6) is 0 Å². The minimum atomic E-state index is -0.839. The van der Waals surface area contributed by atoms with Gasteiger partial charge >= 0.3 is 6.09 Å². The van der Waals surface area contributed by atoms with Crippen molar-refractivity contribution in [3.05, 3.63) is 10.1 Å². The molecule has 18 heavy (non-hydrogen) atoms. The molecule has 0 aromatic carbocycles. The van der Waals surface area contributed by atoms with E-state index < -0.39 is 5.03 Å². The maximum atomic E-state index is 11.6. The molecule has 1 heterocycles. The van der Waals surface area contributed by atoms with Crippen LogP contribution in [0.1, 0.15) is 13.8 Å². The molecule has 0 bridgehead atoms. The molecule has 9 nitrogen and oxygen atoms in total. The molecule has 0 atom stereocenters. The number of carbonyl (C=O) groups excluding carboxylic acids is 1. The van der Waals surface area contributed by atoms with Crippen LogP contribution < -0.4 is 5.73 Å². The molecule has 0 aliphatic carbocycles. The van der Waals surface area contributed by atoms with Crippen LogP contribution in [-0.2, 0) is 4.74 Å². The first-order valence-corrected chi connectivity index (χ1v) is 5.59. The van der Waals surface area contributed by atoms with Crippen molar-refractivity contribution in [3.63, 3.8) is 0 Å². The van der Waals surface area contributed by atoms with E-state index in [0.717, 1.165) is 0 Å². The molecule has 0 radical (unpaired) electrons. The molecule has 0 saturated carbocycles. The van der Waals surface area contributed by atoms with E-state index in [1.165, 1.54) is 4.90 Å². The van der Waals surface area contributed by atoms with Crippen LogP contribution in [0.25, 0.3) is 0 Å². The van der Waals surface area contributed by atoms with Crippen molar-refractivity contribution in [2.24, 2.45) is 10.8 Å². The van der Waals surface area contributed by atoms with Crippen molar-refractivity contribution in [1.29, 1.82) is 0 Å². The monoisotopic (exact) mass is 259 g/mol. The molecule has 1 fully saturated rings. The summed E-state index contributed by atoms with van der Waals surface area (Å²) >= 11 is 0. The molecule has 0 aromatic heterocycles. The second-order valence-corrected chi connectivity index (χ2v) is 4.10. The van der Waals surface area contributed by atoms with Gasteiger partial charge < -0.3 is 20.3 Å². The number of nitrogens with zero attached hydrogens (tertiary/aromatic N) is 4. The highest BCUT2D eigenvalue weighted by Crippen LogP contribution is 2.05. The van der Waals surface area contributed by atoms with Gasteiger partial charge in [0.05, 0.1) is 6.10 Å². The number of piperazine rings is 1. The Morgan fingerprint density at radius 3 is 2.28 bits per heavy atom. The molecule has 9 heteroatoms. The number of hydrogen-bond donors (Lipinski definition) is 1. The fourth-order valence-corrected chi connectivity index (χ4v) is 1.54. The summed E-state index contributed by atoms with van der Waals surface area (Å²) in [4.78, 5) is 24.8. The third-order valence-electron chi connectivity index (χ3n) is 2.38. The predicted molar refractivity (Wildman–Crippen MR) is 63.4 cm³/mol. The first kappa shape index (κ1) is 14.0. The highest BCUT2D eigenvalue weighted by atomic mass is 16.7. The third-order valence-corrected chi connectivity index (χ3v) is 2.38. The van der Waals surface area contributed by atoms with E-state index in [0.29, 0.717) is 26.2 Å². The van der Waals surface area contributed by atoms with Gasteiger partial charge in [0.15, 0.2) is 5.03 Å². The molecule has 0 spiro atoms. The van der Waals surface area contributed by atoms with Crippen LogP contribution in [-0.4, -0.2) is 59.2 Å². The summed E-state index contributed by atoms with van der Waals surface area (Å²) in [6, 6.07) is 0. The number of hydrogen-bond acceptors (Lipinski definition) is 4. The largest absolute Gasteiger partial charge is 0.447 e. The highest BCUT2D eigenvalue weighted by molar-refractivity contribution is 5.77. The van der Waals surface area contributed by atoms with Crippen molar-refractivity contribution >= 4 is 12.1 Å². The minimum absolute atomic E-state index is 0.142. The summed E-state index contributed by atoms with van der Waals surface area (Å²) in [5, 5.41) is 12.4. The molecule has 2 N–H and O–H groups in total. The predicted octanol–water partition coefficient (Wildman–Crippen LogP) is -0.345. The van der Waals surface area contributed by atoms with Gasteiger partial charge in [-0.3, -0.25) is 0 Å². The summed E-state index contributed by atoms with van der Waals surface area (Å²) in [5.74, 6) is -0.142. The zero-order chi connectivity index (χ0) is 13.7. The summed E-state index contributed by atoms with van der Waals surface area (Å²) in [6.07, 6.45) is -0.550. The van der Waals surface area contributed by atoms with E-state index in [2.05, 4.69) is 5.10 Å². The summed E-state index contributed by atoms with van der Waals surface area (Å²) in [7, 11) is 0. The molecule has 1 amide bonds. The molecule has 0 unspecified atom stereocenters. The fraction of sp³-hybridized carbons (Fsp3) is 0.778. The van der Waals surface area contributed by atoms with E-state index >= 15 is 0 Å². The van der Waals surface area contributed by atoms with Gasteiger partial charge in [-0.05, 0) is 13.8 Å². The Kier molecular flexibility index (Phi) is 4.69. The number of carbonyl (C=O) groups is 1. The Morgan fingerprint density at radius 1 is 1.33 bits per heavy atom. The summed E-state index contributed by atoms with van der Waals surface area (Å²) in [5.41, 5.74) is 5.45. The van der Waals surface area contributed by atoms with Gasteiger partial charge in [-0.15, -0.1) is 0 Å². The Hall–Kier alpha value is -2.06. The van der Waals surface area contributed by atoms with Gasteiger partial charge in [-0.1, -0.05) is 0 Å². The van der Waals surface area contributed by atoms with Crippen molar-refractivity contribution in [2.45, 2.75) is 20.0 Å². The Bertz CT molecular complexity index is 349. The Labute approximate surface area is 104 Å². The van der Waals surface area contributed by atoms with Gasteiger partial charge in [-0.2, -0.15) is 0 Å². The number of guanidine groups is 1. The first-order chi connectivity index (χ1) is 8.40. The lowest BCUT2D eigenvalue weighted by Crippen LogP contribution is -2.53. The van der Waals surface area contributed by atoms with Crippen molar-refractivity contribution in [1.82, 2.24) is 9.80 Å². The van der Waals surface area contributed by atoms with Crippen molar-refractivity contribution < 1.29 is 14.6 Å². The first-order valence-electron chi connectivity index (χ1n) is 5.59. The zero-order valence-corrected chi connectivity index (χ0v) is 10.4. The van der Waals surface area contributed by atoms with Crippen LogP contribution in [0.2, 0.25) is 0 Å². The standard InChI is InChI=1S/C9H17N5O4/c1-7(2)18-9(15)13-5-3-12(4-6-13)8(10)11-14(16)17/h7H,3-6H2,1-2H3,(H2,10,11). The third kappa shape index (κ3) is 4.07. The molecule has 1 aliphatic rings. The number of rotatable bonds is 2. The van der Waals surface area contributed by atoms with Crippen LogP contribution in [0, 0.1) is 10.1 Å². The van der Waals surface area contributed by atoms with Gasteiger partial charge in [0, 0.05) is 26.2 Å². The van der Waals surface area contributed by atoms with Crippen LogP contribution in [0.4, 0.5) is 4.79 Å². The maximum Gasteiger partial charge on any atom is 0.410 e. The Morgan fingerprint density at radius 2 is 1.83 bits per heavy atom. The Balaban J connectivity index is 2.46. The second-order valence-electron chi connectivity index (χ2n) is 4.10. The van der Waals surface area contributed by atoms with Gasteiger partial charge in [0.2, 0.25) is 0 Å². The molecular formula is C9H17N5O4. The molecule has 0 aromatic rings. The normalized spacial score (nSPS) is 16.9. The maximum absolute atomic E-state index is 11.6. The highest BCUT2D eigenvalue weighted by Gasteiger charge is 2.24. The van der Waals surface area contributed by atoms with E-state index in [1.807, 2.05) is 0 Å². The topological polar surface area (TPSA) is 114 Å². The number of nitro groups is 1. The quantitative estimate of drug-likeness (QED) is 0.314. The van der Waals surface area contributed by atoms with Gasteiger partial charge in [0.1, 0.15) is 5.10 Å². The lowest BCUT2D eigenvalue weighted by molar-refractivity contribution is -0.485. The average Bonchev–Trinajstić information content (AvgIpc) is 2.27. The lowest BCUT2D eigenvalue weighted by atomic mass is 10.3. The SMILES string of the molecule is CC(C)OC(=O)N1CCN(/C(N)=N/[N+](=O)[O-])CC1. The molecular weight excluding hydrogens is 242 g/mol. The van der Waals surface area contributed by atoms with Crippen LogP contribution in [0.15, 0.2) is 5.10 Å². The zero-order valence-electron chi connectivity index (χ0n) is 10.4. The second kappa shape index (κ2) is 6.03. The van der Waals surface area contributed by atoms with E-state index in [-0.39, 0.29) is 18.2 Å². The number of nitrogens with two attached hydrogens (primary N) is 1. The molecule has 1 saturated heterocycles. The van der Waals surface area contributed by atoms with E-state index in [1.54, 1.807) is 18.7 Å². The van der Waals surface area contributed by atoms with Crippen molar-refractivity contribution in [3.8, 4) is 0 Å². The summed E-state index contributed by atoms with van der Waals surface area (Å²) in [6.45, 7) is 5.15. The molecule has 1 aliphatic heterocycles. The summed E-state index contributed by atoms with van der Waals surface area (Å²) < 4.78 is 5.05. The molecule has 1 rings (SSSR count). The van der Waals surface area contributed by atoms with E-state index in [4.69, 9.17) is 10.5 Å². The molecule has 102 valence electrons. The number of amides is 1. The lowest BCUT2D eigenvalue weighted by Gasteiger charge is -2.34. The smallest absolute Gasteiger partial charge is 0.410 e. The van der Waals surface area contributed by atoms with Crippen molar-refractivity contribution in [2.75, 3.05) is 26.2 Å². The van der Waals surface area contributed by atoms with E-state index in [9.17, 15) is 14.9 Å². The average molecular weight is 259 g/mol. The fourth-order valence-electron chi connectivity index (χ4n) is 1.54.